The summed E-state index contributed by atoms with van der Waals surface area (Å²) in [6.45, 7) is 0. The quantitative estimate of drug-likeness (QED) is 0.282. The normalized spacial score (nSPS) is 10.7. The number of oxime groups is 1. The van der Waals surface area contributed by atoms with Crippen molar-refractivity contribution in [3.63, 3.8) is 0 Å². The minimum absolute atomic E-state index is 0.342. The molecule has 0 saturated carbocycles. The van der Waals surface area contributed by atoms with E-state index in [0.717, 1.165) is 3.57 Å². The molecule has 0 fully saturated rings. The second kappa shape index (κ2) is 3.87. The molecule has 0 amide bonds. The van der Waals surface area contributed by atoms with Gasteiger partial charge in [-0.1, -0.05) is 16.8 Å². The molecule has 0 unspecified atom stereocenters. The molecule has 11 heavy (non-hydrogen) atoms. The molecule has 1 rings (SSSR count). The van der Waals surface area contributed by atoms with E-state index in [1.165, 1.54) is 6.21 Å². The molecule has 0 spiro atoms. The first kappa shape index (κ1) is 8.73. The number of pyridine rings is 1. The third-order valence-electron chi connectivity index (χ3n) is 1.08. The van der Waals surface area contributed by atoms with Crippen molar-refractivity contribution in [3.8, 4) is 0 Å². The van der Waals surface area contributed by atoms with Gasteiger partial charge in [0.15, 0.2) is 0 Å². The SMILES string of the molecule is O/N=C/c1c(I)ccnc1Cl. The van der Waals surface area contributed by atoms with Crippen molar-refractivity contribution in [3.05, 3.63) is 26.5 Å². The predicted molar refractivity (Wildman–Crippen MR) is 51.3 cm³/mol. The van der Waals surface area contributed by atoms with Crippen LogP contribution in [0, 0.1) is 3.57 Å². The number of nitrogens with zero attached hydrogens (tertiary/aromatic N) is 2. The smallest absolute Gasteiger partial charge is 0.138 e. The average Bonchev–Trinajstić information content (AvgIpc) is 1.97. The summed E-state index contributed by atoms with van der Waals surface area (Å²) in [5.41, 5.74) is 0.636. The van der Waals surface area contributed by atoms with Crippen LogP contribution in [0.4, 0.5) is 0 Å². The van der Waals surface area contributed by atoms with Gasteiger partial charge in [0.2, 0.25) is 0 Å². The van der Waals surface area contributed by atoms with Crippen LogP contribution in [0.2, 0.25) is 5.15 Å². The van der Waals surface area contributed by atoms with Crippen LogP contribution in [0.5, 0.6) is 0 Å². The summed E-state index contributed by atoms with van der Waals surface area (Å²) in [6.07, 6.45) is 2.86. The van der Waals surface area contributed by atoms with Crippen LogP contribution in [0.15, 0.2) is 17.4 Å². The second-order valence-corrected chi connectivity index (χ2v) is 3.26. The third-order valence-corrected chi connectivity index (χ3v) is 2.32. The molecule has 58 valence electrons. The van der Waals surface area contributed by atoms with E-state index in [9.17, 15) is 0 Å². The molecule has 0 aliphatic heterocycles. The Bertz CT molecular complexity index is 270. The van der Waals surface area contributed by atoms with Gasteiger partial charge in [-0.15, -0.1) is 0 Å². The van der Waals surface area contributed by atoms with E-state index in [0.29, 0.717) is 10.7 Å². The zero-order valence-corrected chi connectivity index (χ0v) is 8.24. The topological polar surface area (TPSA) is 45.5 Å². The summed E-state index contributed by atoms with van der Waals surface area (Å²) in [5.74, 6) is 0. The van der Waals surface area contributed by atoms with Crippen LogP contribution >= 0.6 is 34.2 Å². The van der Waals surface area contributed by atoms with Gasteiger partial charge < -0.3 is 5.21 Å². The fourth-order valence-corrected chi connectivity index (χ4v) is 1.52. The zero-order valence-electron chi connectivity index (χ0n) is 5.33. The van der Waals surface area contributed by atoms with Gasteiger partial charge in [0.1, 0.15) is 5.15 Å². The van der Waals surface area contributed by atoms with Crippen LogP contribution in [-0.4, -0.2) is 16.4 Å². The Balaban J connectivity index is 3.20. The molecule has 1 heterocycles. The number of rotatable bonds is 1. The molecular weight excluding hydrogens is 278 g/mol. The molecule has 1 aromatic heterocycles. The first-order valence-electron chi connectivity index (χ1n) is 2.73. The van der Waals surface area contributed by atoms with E-state index in [-0.39, 0.29) is 0 Å². The van der Waals surface area contributed by atoms with Crippen molar-refractivity contribution in [1.82, 2.24) is 4.98 Å². The van der Waals surface area contributed by atoms with Gasteiger partial charge in [0, 0.05) is 15.3 Å². The fourth-order valence-electron chi connectivity index (χ4n) is 0.599. The molecule has 0 radical (unpaired) electrons. The highest BCUT2D eigenvalue weighted by Crippen LogP contribution is 2.16. The number of hydrogen-bond acceptors (Lipinski definition) is 3. The minimum atomic E-state index is 0.342. The largest absolute Gasteiger partial charge is 0.411 e. The molecule has 1 N–H and O–H groups in total. The lowest BCUT2D eigenvalue weighted by Crippen LogP contribution is -1.90. The highest BCUT2D eigenvalue weighted by Gasteiger charge is 2.01. The molecule has 0 aliphatic carbocycles. The first-order chi connectivity index (χ1) is 5.25. The molecule has 0 bridgehead atoms. The van der Waals surface area contributed by atoms with Crippen LogP contribution in [-0.2, 0) is 0 Å². The number of hydrogen-bond donors (Lipinski definition) is 1. The molecule has 3 nitrogen and oxygen atoms in total. The standard InChI is InChI=1S/C6H4ClIN2O/c7-6-4(3-10-11)5(8)1-2-9-6/h1-3,11H/b10-3+. The zero-order chi connectivity index (χ0) is 8.27. The Hall–Kier alpha value is -0.360. The molecular formula is C6H4ClIN2O. The molecule has 0 aromatic carbocycles. The maximum atomic E-state index is 8.25. The molecule has 1 aromatic rings. The molecule has 0 aliphatic rings. The predicted octanol–water partition coefficient (Wildman–Crippen LogP) is 2.15. The summed E-state index contributed by atoms with van der Waals surface area (Å²) in [4.78, 5) is 3.82. The lowest BCUT2D eigenvalue weighted by Gasteiger charge is -1.97. The van der Waals surface area contributed by atoms with Crippen LogP contribution in [0.1, 0.15) is 5.56 Å². The van der Waals surface area contributed by atoms with Crippen molar-refractivity contribution >= 4 is 40.4 Å². The van der Waals surface area contributed by atoms with E-state index in [2.05, 4.69) is 32.7 Å². The van der Waals surface area contributed by atoms with E-state index < -0.39 is 0 Å². The highest BCUT2D eigenvalue weighted by atomic mass is 127. The Morgan fingerprint density at radius 1 is 1.73 bits per heavy atom. The Kier molecular flexibility index (Phi) is 3.07. The Morgan fingerprint density at radius 3 is 3.00 bits per heavy atom. The van der Waals surface area contributed by atoms with Crippen molar-refractivity contribution in [2.24, 2.45) is 5.16 Å². The van der Waals surface area contributed by atoms with Gasteiger partial charge in [-0.3, -0.25) is 0 Å². The van der Waals surface area contributed by atoms with Crippen molar-refractivity contribution in [2.45, 2.75) is 0 Å². The van der Waals surface area contributed by atoms with Crippen molar-refractivity contribution in [2.75, 3.05) is 0 Å². The average molecular weight is 282 g/mol. The lowest BCUT2D eigenvalue weighted by atomic mass is 10.3. The molecule has 0 saturated heterocycles. The maximum absolute atomic E-state index is 8.25. The van der Waals surface area contributed by atoms with Gasteiger partial charge >= 0.3 is 0 Å². The highest BCUT2D eigenvalue weighted by molar-refractivity contribution is 14.1. The van der Waals surface area contributed by atoms with Crippen molar-refractivity contribution < 1.29 is 5.21 Å². The first-order valence-corrected chi connectivity index (χ1v) is 4.19. The van der Waals surface area contributed by atoms with E-state index >= 15 is 0 Å². The summed E-state index contributed by atoms with van der Waals surface area (Å²) in [5, 5.41) is 11.5. The van der Waals surface area contributed by atoms with E-state index in [4.69, 9.17) is 16.8 Å². The fraction of sp³-hybridized carbons (Fsp3) is 0. The second-order valence-electron chi connectivity index (χ2n) is 1.74. The van der Waals surface area contributed by atoms with Crippen molar-refractivity contribution in [1.29, 1.82) is 0 Å². The van der Waals surface area contributed by atoms with Gasteiger partial charge in [0.25, 0.3) is 0 Å². The third kappa shape index (κ3) is 2.03. The van der Waals surface area contributed by atoms with Crippen LogP contribution < -0.4 is 0 Å². The molecule has 0 atom stereocenters. The minimum Gasteiger partial charge on any atom is -0.411 e. The summed E-state index contributed by atoms with van der Waals surface area (Å²) < 4.78 is 0.903. The number of aromatic nitrogens is 1. The van der Waals surface area contributed by atoms with E-state index in [1.807, 2.05) is 0 Å². The summed E-state index contributed by atoms with van der Waals surface area (Å²) in [7, 11) is 0. The lowest BCUT2D eigenvalue weighted by molar-refractivity contribution is 0.322. The Labute approximate surface area is 82.2 Å². The van der Waals surface area contributed by atoms with Gasteiger partial charge in [-0.2, -0.15) is 0 Å². The summed E-state index contributed by atoms with van der Waals surface area (Å²) in [6, 6.07) is 1.78. The van der Waals surface area contributed by atoms with Crippen LogP contribution in [0.3, 0.4) is 0 Å². The monoisotopic (exact) mass is 282 g/mol. The Morgan fingerprint density at radius 2 is 2.45 bits per heavy atom. The maximum Gasteiger partial charge on any atom is 0.138 e. The van der Waals surface area contributed by atoms with Crippen LogP contribution in [0.25, 0.3) is 0 Å². The molecule has 5 heteroatoms. The number of halogens is 2. The van der Waals surface area contributed by atoms with Gasteiger partial charge in [0.05, 0.1) is 6.21 Å². The summed E-state index contributed by atoms with van der Waals surface area (Å²) >= 11 is 7.77. The van der Waals surface area contributed by atoms with Gasteiger partial charge in [-0.05, 0) is 28.7 Å². The van der Waals surface area contributed by atoms with E-state index in [1.54, 1.807) is 12.3 Å². The van der Waals surface area contributed by atoms with Gasteiger partial charge in [-0.25, -0.2) is 4.98 Å².